The predicted octanol–water partition coefficient (Wildman–Crippen LogP) is 0.0874. The number of rotatable bonds is 2. The van der Waals surface area contributed by atoms with Gasteiger partial charge in [0, 0.05) is 6.20 Å². The van der Waals surface area contributed by atoms with E-state index in [0.717, 1.165) is 0 Å². The van der Waals surface area contributed by atoms with E-state index in [1.807, 2.05) is 5.43 Å². The molecule has 0 aliphatic carbocycles. The summed E-state index contributed by atoms with van der Waals surface area (Å²) in [7, 11) is 0. The first-order valence-corrected chi connectivity index (χ1v) is 3.73. The molecule has 0 aliphatic rings. The van der Waals surface area contributed by atoms with Crippen molar-refractivity contribution < 1.29 is 4.79 Å². The Balaban J connectivity index is 2.77. The van der Waals surface area contributed by atoms with Crippen LogP contribution in [0.3, 0.4) is 0 Å². The molecule has 5 nitrogen and oxygen atoms in total. The zero-order valence-corrected chi connectivity index (χ0v) is 7.25. The third-order valence-corrected chi connectivity index (χ3v) is 1.68. The highest BCUT2D eigenvalue weighted by Crippen LogP contribution is 2.10. The van der Waals surface area contributed by atoms with Gasteiger partial charge >= 0.3 is 0 Å². The van der Waals surface area contributed by atoms with Gasteiger partial charge in [0.1, 0.15) is 6.04 Å². The van der Waals surface area contributed by atoms with E-state index in [9.17, 15) is 4.79 Å². The number of aromatic nitrogens is 2. The Kier molecular flexibility index (Phi) is 2.67. The molecule has 1 unspecified atom stereocenters. The molecular weight excluding hydrogens is 180 g/mol. The second kappa shape index (κ2) is 3.55. The van der Waals surface area contributed by atoms with Gasteiger partial charge in [-0.3, -0.25) is 14.9 Å². The van der Waals surface area contributed by atoms with E-state index in [-0.39, 0.29) is 5.91 Å². The molecule has 0 saturated heterocycles. The van der Waals surface area contributed by atoms with E-state index < -0.39 is 6.04 Å². The van der Waals surface area contributed by atoms with E-state index in [0.29, 0.717) is 5.02 Å². The van der Waals surface area contributed by atoms with Gasteiger partial charge in [-0.05, 0) is 6.92 Å². The van der Waals surface area contributed by atoms with E-state index >= 15 is 0 Å². The van der Waals surface area contributed by atoms with Crippen LogP contribution < -0.4 is 11.3 Å². The minimum absolute atomic E-state index is 0.310. The minimum Gasteiger partial charge on any atom is -0.292 e. The summed E-state index contributed by atoms with van der Waals surface area (Å²) in [5.74, 6) is 4.63. The summed E-state index contributed by atoms with van der Waals surface area (Å²) in [6, 6.07) is -0.442. The Bertz CT molecular complexity index is 285. The van der Waals surface area contributed by atoms with Crippen LogP contribution >= 0.6 is 11.6 Å². The van der Waals surface area contributed by atoms with Gasteiger partial charge < -0.3 is 0 Å². The summed E-state index contributed by atoms with van der Waals surface area (Å²) in [5, 5.41) is 4.35. The van der Waals surface area contributed by atoms with Gasteiger partial charge in [0.2, 0.25) is 0 Å². The maximum absolute atomic E-state index is 11.0. The first kappa shape index (κ1) is 9.02. The first-order valence-electron chi connectivity index (χ1n) is 3.35. The van der Waals surface area contributed by atoms with Crippen LogP contribution in [0.4, 0.5) is 0 Å². The predicted molar refractivity (Wildman–Crippen MR) is 44.3 cm³/mol. The van der Waals surface area contributed by atoms with E-state index in [2.05, 4.69) is 5.10 Å². The Morgan fingerprint density at radius 1 is 1.92 bits per heavy atom. The van der Waals surface area contributed by atoms with Crippen LogP contribution in [0.2, 0.25) is 5.02 Å². The number of hydrazine groups is 1. The van der Waals surface area contributed by atoms with Gasteiger partial charge in [0.15, 0.2) is 0 Å². The van der Waals surface area contributed by atoms with Crippen molar-refractivity contribution in [3.05, 3.63) is 17.4 Å². The highest BCUT2D eigenvalue weighted by Gasteiger charge is 2.13. The van der Waals surface area contributed by atoms with Crippen LogP contribution in [0, 0.1) is 0 Å². The number of nitrogens with zero attached hydrogens (tertiary/aromatic N) is 2. The average molecular weight is 189 g/mol. The van der Waals surface area contributed by atoms with E-state index in [1.165, 1.54) is 10.9 Å². The maximum atomic E-state index is 11.0. The van der Waals surface area contributed by atoms with Crippen LogP contribution in [0.25, 0.3) is 0 Å². The van der Waals surface area contributed by atoms with Crippen LogP contribution in [0.5, 0.6) is 0 Å². The number of carbonyl (C=O) groups is 1. The Labute approximate surface area is 74.5 Å². The lowest BCUT2D eigenvalue weighted by Gasteiger charge is -2.08. The summed E-state index contributed by atoms with van der Waals surface area (Å²) in [5.41, 5.74) is 2.03. The molecule has 66 valence electrons. The fraction of sp³-hybridized carbons (Fsp3) is 0.333. The third kappa shape index (κ3) is 1.75. The van der Waals surface area contributed by atoms with Crippen molar-refractivity contribution in [3.63, 3.8) is 0 Å². The lowest BCUT2D eigenvalue weighted by molar-refractivity contribution is -0.124. The summed E-state index contributed by atoms with van der Waals surface area (Å²) in [6.07, 6.45) is 3.02. The van der Waals surface area contributed by atoms with Gasteiger partial charge in [0.25, 0.3) is 5.91 Å². The van der Waals surface area contributed by atoms with E-state index in [4.69, 9.17) is 17.4 Å². The van der Waals surface area contributed by atoms with Crippen molar-refractivity contribution in [1.29, 1.82) is 0 Å². The Hall–Kier alpha value is -1.07. The smallest absolute Gasteiger partial charge is 0.258 e. The van der Waals surface area contributed by atoms with Gasteiger partial charge in [-0.2, -0.15) is 5.10 Å². The molecular formula is C6H9ClN4O. The minimum atomic E-state index is -0.442. The van der Waals surface area contributed by atoms with Crippen molar-refractivity contribution in [1.82, 2.24) is 15.2 Å². The van der Waals surface area contributed by atoms with E-state index in [1.54, 1.807) is 13.1 Å². The summed E-state index contributed by atoms with van der Waals surface area (Å²) >= 11 is 5.61. The third-order valence-electron chi connectivity index (χ3n) is 1.49. The Morgan fingerprint density at radius 3 is 3.00 bits per heavy atom. The van der Waals surface area contributed by atoms with Crippen molar-refractivity contribution in [2.45, 2.75) is 13.0 Å². The van der Waals surface area contributed by atoms with Crippen molar-refractivity contribution in [2.24, 2.45) is 5.84 Å². The highest BCUT2D eigenvalue weighted by atomic mass is 35.5. The fourth-order valence-corrected chi connectivity index (χ4v) is 0.911. The zero-order valence-electron chi connectivity index (χ0n) is 6.49. The van der Waals surface area contributed by atoms with Crippen LogP contribution in [-0.4, -0.2) is 15.7 Å². The van der Waals surface area contributed by atoms with Gasteiger partial charge in [-0.25, -0.2) is 5.84 Å². The second-order valence-electron chi connectivity index (χ2n) is 2.32. The number of halogens is 1. The molecule has 12 heavy (non-hydrogen) atoms. The molecule has 1 rings (SSSR count). The number of carbonyl (C=O) groups excluding carboxylic acids is 1. The van der Waals surface area contributed by atoms with Gasteiger partial charge in [0.05, 0.1) is 11.2 Å². The summed E-state index contributed by atoms with van der Waals surface area (Å²) < 4.78 is 1.44. The number of hydrogen-bond acceptors (Lipinski definition) is 3. The monoisotopic (exact) mass is 188 g/mol. The largest absolute Gasteiger partial charge is 0.292 e. The van der Waals surface area contributed by atoms with Crippen molar-refractivity contribution >= 4 is 17.5 Å². The second-order valence-corrected chi connectivity index (χ2v) is 2.76. The fourth-order valence-electron chi connectivity index (χ4n) is 0.767. The summed E-state index contributed by atoms with van der Waals surface area (Å²) in [6.45, 7) is 1.67. The average Bonchev–Trinajstić information content (AvgIpc) is 2.49. The number of hydrogen-bond donors (Lipinski definition) is 2. The lowest BCUT2D eigenvalue weighted by Crippen LogP contribution is -2.36. The molecule has 0 spiro atoms. The topological polar surface area (TPSA) is 72.9 Å². The molecule has 1 amide bonds. The molecule has 1 aromatic heterocycles. The number of nitrogens with two attached hydrogens (primary N) is 1. The maximum Gasteiger partial charge on any atom is 0.258 e. The molecule has 1 heterocycles. The summed E-state index contributed by atoms with van der Waals surface area (Å²) in [4.78, 5) is 11.0. The first-order chi connectivity index (χ1) is 5.65. The molecule has 0 radical (unpaired) electrons. The molecule has 0 fully saturated rings. The highest BCUT2D eigenvalue weighted by molar-refractivity contribution is 6.30. The standard InChI is InChI=1S/C6H9ClN4O/c1-4(6(12)10-8)11-3-5(7)2-9-11/h2-4H,8H2,1H3,(H,10,12). The molecule has 0 saturated carbocycles. The molecule has 0 bridgehead atoms. The molecule has 6 heteroatoms. The normalized spacial score (nSPS) is 12.6. The zero-order chi connectivity index (χ0) is 9.14. The lowest BCUT2D eigenvalue weighted by atomic mass is 10.3. The molecule has 1 aromatic rings. The molecule has 0 aliphatic heterocycles. The van der Waals surface area contributed by atoms with Crippen LogP contribution in [0.15, 0.2) is 12.4 Å². The van der Waals surface area contributed by atoms with Crippen molar-refractivity contribution in [2.75, 3.05) is 0 Å². The van der Waals surface area contributed by atoms with Crippen molar-refractivity contribution in [3.8, 4) is 0 Å². The molecule has 1 atom stereocenters. The molecule has 3 N–H and O–H groups in total. The molecule has 0 aromatic carbocycles. The Morgan fingerprint density at radius 2 is 2.58 bits per heavy atom. The number of nitrogens with one attached hydrogen (secondary N) is 1. The van der Waals surface area contributed by atoms with Gasteiger partial charge in [-0.1, -0.05) is 11.6 Å². The van der Waals surface area contributed by atoms with Crippen LogP contribution in [-0.2, 0) is 4.79 Å². The SMILES string of the molecule is CC(C(=O)NN)n1cc(Cl)cn1. The van der Waals surface area contributed by atoms with Crippen LogP contribution in [0.1, 0.15) is 13.0 Å². The number of amides is 1. The van der Waals surface area contributed by atoms with Gasteiger partial charge in [-0.15, -0.1) is 0 Å². The quantitative estimate of drug-likeness (QED) is 0.393.